The molecule has 5 heteroatoms. The number of methoxy groups -OCH3 is 1. The summed E-state index contributed by atoms with van der Waals surface area (Å²) in [5.74, 6) is 0.682. The molecule has 0 aliphatic rings. The van der Waals surface area contributed by atoms with Crippen LogP contribution in [-0.4, -0.2) is 12.9 Å². The summed E-state index contributed by atoms with van der Waals surface area (Å²) in [7, 11) is 1.50. The lowest BCUT2D eigenvalue weighted by Gasteiger charge is -2.14. The molecule has 2 N–H and O–H groups in total. The van der Waals surface area contributed by atoms with Crippen LogP contribution in [0.5, 0.6) is 5.75 Å². The largest absolute Gasteiger partial charge is 0.497 e. The van der Waals surface area contributed by atoms with Crippen molar-refractivity contribution in [1.29, 1.82) is 0 Å². The lowest BCUT2D eigenvalue weighted by Crippen LogP contribution is -2.14. The van der Waals surface area contributed by atoms with Crippen LogP contribution >= 0.6 is 23.4 Å². The monoisotopic (exact) mass is 311 g/mol. The van der Waals surface area contributed by atoms with Gasteiger partial charge in [0.15, 0.2) is 0 Å². The highest BCUT2D eigenvalue weighted by Crippen LogP contribution is 2.30. The highest BCUT2D eigenvalue weighted by atomic mass is 35.5. The zero-order chi connectivity index (χ0) is 14.5. The third-order valence-electron chi connectivity index (χ3n) is 2.86. The molecule has 0 aliphatic carbocycles. The third-order valence-corrected chi connectivity index (χ3v) is 4.50. The van der Waals surface area contributed by atoms with E-state index in [0.717, 1.165) is 4.90 Å². The van der Waals surface area contributed by atoms with Gasteiger partial charge >= 0.3 is 0 Å². The summed E-state index contributed by atoms with van der Waals surface area (Å²) in [5.41, 5.74) is 6.52. The normalized spacial score (nSPS) is 12.2. The molecule has 2 rings (SSSR count). The maximum Gasteiger partial charge on any atom is 0.131 e. The Morgan fingerprint density at radius 3 is 2.70 bits per heavy atom. The zero-order valence-corrected chi connectivity index (χ0v) is 12.5. The molecule has 0 fully saturated rings. The van der Waals surface area contributed by atoms with E-state index >= 15 is 0 Å². The van der Waals surface area contributed by atoms with E-state index in [2.05, 4.69) is 0 Å². The van der Waals surface area contributed by atoms with E-state index in [4.69, 9.17) is 22.1 Å². The van der Waals surface area contributed by atoms with Gasteiger partial charge in [-0.2, -0.15) is 0 Å². The third kappa shape index (κ3) is 3.66. The van der Waals surface area contributed by atoms with E-state index in [1.165, 1.54) is 24.9 Å². The molecule has 0 heterocycles. The minimum Gasteiger partial charge on any atom is -0.497 e. The molecule has 0 saturated carbocycles. The summed E-state index contributed by atoms with van der Waals surface area (Å²) in [5, 5.41) is 0.680. The van der Waals surface area contributed by atoms with Crippen molar-refractivity contribution in [2.24, 2.45) is 5.73 Å². The van der Waals surface area contributed by atoms with Crippen LogP contribution in [0, 0.1) is 5.82 Å². The molecular weight excluding hydrogens is 297 g/mol. The van der Waals surface area contributed by atoms with Crippen LogP contribution in [0.15, 0.2) is 47.4 Å². The van der Waals surface area contributed by atoms with Crippen molar-refractivity contribution >= 4 is 23.4 Å². The lowest BCUT2D eigenvalue weighted by molar-refractivity contribution is 0.410. The average molecular weight is 312 g/mol. The lowest BCUT2D eigenvalue weighted by atomic mass is 10.1. The van der Waals surface area contributed by atoms with Gasteiger partial charge in [0, 0.05) is 28.3 Å². The van der Waals surface area contributed by atoms with Crippen LogP contribution in [-0.2, 0) is 0 Å². The molecule has 1 unspecified atom stereocenters. The Kier molecular flexibility index (Phi) is 5.29. The van der Waals surface area contributed by atoms with Gasteiger partial charge in [-0.05, 0) is 18.2 Å². The minimum atomic E-state index is -0.401. The number of hydrogen-bond acceptors (Lipinski definition) is 3. The van der Waals surface area contributed by atoms with Crippen molar-refractivity contribution in [1.82, 2.24) is 0 Å². The molecule has 0 radical (unpaired) electrons. The molecule has 0 bridgehead atoms. The van der Waals surface area contributed by atoms with Crippen molar-refractivity contribution in [2.45, 2.75) is 10.9 Å². The Balaban J connectivity index is 2.05. The molecule has 2 aromatic carbocycles. The standard InChI is InChI=1S/C15H15ClFNOS/c1-19-10-6-7-11(13(17)8-10)14(18)9-20-15-5-3-2-4-12(15)16/h2-8,14H,9,18H2,1H3. The molecule has 2 aromatic rings. The first kappa shape index (κ1) is 15.2. The second kappa shape index (κ2) is 6.97. The summed E-state index contributed by atoms with van der Waals surface area (Å²) < 4.78 is 18.9. The second-order valence-electron chi connectivity index (χ2n) is 4.24. The zero-order valence-electron chi connectivity index (χ0n) is 11.0. The maximum atomic E-state index is 13.9. The fraction of sp³-hybridized carbons (Fsp3) is 0.200. The van der Waals surface area contributed by atoms with Crippen LogP contribution in [0.25, 0.3) is 0 Å². The van der Waals surface area contributed by atoms with Crippen molar-refractivity contribution in [3.63, 3.8) is 0 Å². The number of halogens is 2. The van der Waals surface area contributed by atoms with Gasteiger partial charge in [0.2, 0.25) is 0 Å². The first-order valence-electron chi connectivity index (χ1n) is 6.08. The number of benzene rings is 2. The SMILES string of the molecule is COc1ccc(C(N)CSc2ccccc2Cl)c(F)c1. The summed E-state index contributed by atoms with van der Waals surface area (Å²) in [6.45, 7) is 0. The van der Waals surface area contributed by atoms with Crippen LogP contribution in [0.3, 0.4) is 0 Å². The maximum absolute atomic E-state index is 13.9. The quantitative estimate of drug-likeness (QED) is 0.837. The summed E-state index contributed by atoms with van der Waals surface area (Å²) in [4.78, 5) is 0.943. The predicted octanol–water partition coefficient (Wildman–Crippen LogP) is 4.28. The van der Waals surface area contributed by atoms with E-state index in [-0.39, 0.29) is 5.82 Å². The van der Waals surface area contributed by atoms with Gasteiger partial charge in [0.1, 0.15) is 11.6 Å². The Hall–Kier alpha value is -1.23. The number of thioether (sulfide) groups is 1. The summed E-state index contributed by atoms with van der Waals surface area (Å²) in [6, 6.07) is 11.8. The molecule has 20 heavy (non-hydrogen) atoms. The molecule has 2 nitrogen and oxygen atoms in total. The Labute approximate surface area is 127 Å². The molecule has 0 spiro atoms. The molecule has 106 valence electrons. The van der Waals surface area contributed by atoms with Crippen molar-refractivity contribution in [3.05, 3.63) is 58.9 Å². The van der Waals surface area contributed by atoms with Crippen molar-refractivity contribution < 1.29 is 9.13 Å². The summed E-state index contributed by atoms with van der Waals surface area (Å²) >= 11 is 7.59. The van der Waals surface area contributed by atoms with E-state index in [9.17, 15) is 4.39 Å². The smallest absolute Gasteiger partial charge is 0.131 e. The number of ether oxygens (including phenoxy) is 1. The number of hydrogen-bond donors (Lipinski definition) is 1. The molecule has 0 aliphatic heterocycles. The van der Waals surface area contributed by atoms with E-state index in [0.29, 0.717) is 22.1 Å². The fourth-order valence-electron chi connectivity index (χ4n) is 1.77. The minimum absolute atomic E-state index is 0.350. The molecule has 0 aromatic heterocycles. The Morgan fingerprint density at radius 2 is 2.05 bits per heavy atom. The Morgan fingerprint density at radius 1 is 1.30 bits per heavy atom. The van der Waals surface area contributed by atoms with Crippen LogP contribution in [0.2, 0.25) is 5.02 Å². The predicted molar refractivity (Wildman–Crippen MR) is 82.1 cm³/mol. The first-order chi connectivity index (χ1) is 9.61. The van der Waals surface area contributed by atoms with Gasteiger partial charge in [-0.15, -0.1) is 11.8 Å². The second-order valence-corrected chi connectivity index (χ2v) is 5.70. The van der Waals surface area contributed by atoms with Gasteiger partial charge in [0.05, 0.1) is 12.1 Å². The van der Waals surface area contributed by atoms with E-state index in [1.807, 2.05) is 24.3 Å². The Bertz CT molecular complexity index is 594. The molecular formula is C15H15ClFNOS. The van der Waals surface area contributed by atoms with Crippen molar-refractivity contribution in [2.75, 3.05) is 12.9 Å². The molecule has 0 saturated heterocycles. The van der Waals surface area contributed by atoms with E-state index in [1.54, 1.807) is 12.1 Å². The fourth-order valence-corrected chi connectivity index (χ4v) is 2.99. The van der Waals surface area contributed by atoms with Crippen molar-refractivity contribution in [3.8, 4) is 5.75 Å². The highest BCUT2D eigenvalue weighted by molar-refractivity contribution is 7.99. The van der Waals surface area contributed by atoms with Gasteiger partial charge in [-0.25, -0.2) is 4.39 Å². The van der Waals surface area contributed by atoms with Crippen LogP contribution in [0.4, 0.5) is 4.39 Å². The van der Waals surface area contributed by atoms with Gasteiger partial charge < -0.3 is 10.5 Å². The van der Waals surface area contributed by atoms with E-state index < -0.39 is 6.04 Å². The number of rotatable bonds is 5. The van der Waals surface area contributed by atoms with Gasteiger partial charge in [0.25, 0.3) is 0 Å². The van der Waals surface area contributed by atoms with Crippen LogP contribution < -0.4 is 10.5 Å². The molecule has 1 atom stereocenters. The first-order valence-corrected chi connectivity index (χ1v) is 7.44. The van der Waals surface area contributed by atoms with Crippen LogP contribution in [0.1, 0.15) is 11.6 Å². The summed E-state index contributed by atoms with van der Waals surface area (Å²) in [6.07, 6.45) is 0. The topological polar surface area (TPSA) is 35.2 Å². The molecule has 0 amide bonds. The van der Waals surface area contributed by atoms with Gasteiger partial charge in [-0.3, -0.25) is 0 Å². The number of nitrogens with two attached hydrogens (primary N) is 1. The average Bonchev–Trinajstić information content (AvgIpc) is 2.46. The highest BCUT2D eigenvalue weighted by Gasteiger charge is 2.13. The van der Waals surface area contributed by atoms with Gasteiger partial charge in [-0.1, -0.05) is 29.8 Å².